The van der Waals surface area contributed by atoms with Gasteiger partial charge in [-0.2, -0.15) is 0 Å². The van der Waals surface area contributed by atoms with Crippen molar-refractivity contribution in [2.45, 2.75) is 25.7 Å². The fourth-order valence-electron chi connectivity index (χ4n) is 3.00. The predicted molar refractivity (Wildman–Crippen MR) is 74.7 cm³/mol. The van der Waals surface area contributed by atoms with Gasteiger partial charge in [0.1, 0.15) is 0 Å². The van der Waals surface area contributed by atoms with Crippen molar-refractivity contribution in [3.8, 4) is 0 Å². The van der Waals surface area contributed by atoms with Crippen molar-refractivity contribution in [1.29, 1.82) is 0 Å². The number of carbonyl (C=O) groups is 1. The van der Waals surface area contributed by atoms with Crippen LogP contribution in [0.15, 0.2) is 18.2 Å². The predicted octanol–water partition coefficient (Wildman–Crippen LogP) is 2.07. The van der Waals surface area contributed by atoms with Crippen molar-refractivity contribution in [2.24, 2.45) is 11.1 Å². The number of piperidine rings is 1. The lowest BCUT2D eigenvalue weighted by Gasteiger charge is -2.34. The molecule has 1 aliphatic carbocycles. The Balaban J connectivity index is 1.91. The summed E-state index contributed by atoms with van der Waals surface area (Å²) in [5.74, 6) is -0.540. The zero-order chi connectivity index (χ0) is 14.3. The summed E-state index contributed by atoms with van der Waals surface area (Å²) in [7, 11) is 0. The van der Waals surface area contributed by atoms with Crippen LogP contribution in [0.4, 0.5) is 11.4 Å². The molecule has 1 aliphatic heterocycles. The van der Waals surface area contributed by atoms with Gasteiger partial charge in [0, 0.05) is 25.2 Å². The number of carbonyl (C=O) groups excluding carboxylic acids is 1. The molecule has 0 bridgehead atoms. The minimum absolute atomic E-state index is 0.00305. The molecule has 0 atom stereocenters. The molecule has 1 amide bonds. The van der Waals surface area contributed by atoms with Gasteiger partial charge in [0.2, 0.25) is 0 Å². The molecule has 1 saturated heterocycles. The Morgan fingerprint density at radius 2 is 1.90 bits per heavy atom. The van der Waals surface area contributed by atoms with E-state index in [0.717, 1.165) is 25.9 Å². The number of nitrogens with zero attached hydrogens (tertiary/aromatic N) is 2. The van der Waals surface area contributed by atoms with Gasteiger partial charge in [0.05, 0.1) is 16.2 Å². The van der Waals surface area contributed by atoms with Crippen molar-refractivity contribution >= 4 is 17.3 Å². The lowest BCUT2D eigenvalue weighted by Crippen LogP contribution is -2.35. The number of rotatable bonds is 3. The van der Waals surface area contributed by atoms with Crippen molar-refractivity contribution in [1.82, 2.24) is 0 Å². The molecule has 2 fully saturated rings. The average Bonchev–Trinajstić information content (AvgIpc) is 3.18. The third-order valence-corrected chi connectivity index (χ3v) is 4.58. The average molecular weight is 275 g/mol. The van der Waals surface area contributed by atoms with Crippen LogP contribution in [0.2, 0.25) is 0 Å². The van der Waals surface area contributed by atoms with Crippen LogP contribution in [0.25, 0.3) is 0 Å². The molecule has 106 valence electrons. The van der Waals surface area contributed by atoms with Gasteiger partial charge in [0.15, 0.2) is 0 Å². The van der Waals surface area contributed by atoms with E-state index in [1.807, 2.05) is 0 Å². The van der Waals surface area contributed by atoms with Gasteiger partial charge >= 0.3 is 0 Å². The SMILES string of the molecule is NC(=O)c1ccc([N+](=O)[O-])cc1N1CCC2(CC1)CC2. The molecular formula is C14H17N3O3. The van der Waals surface area contributed by atoms with Gasteiger partial charge in [0.25, 0.3) is 11.6 Å². The van der Waals surface area contributed by atoms with E-state index in [1.165, 1.54) is 31.0 Å². The first-order chi connectivity index (χ1) is 9.51. The zero-order valence-corrected chi connectivity index (χ0v) is 11.2. The smallest absolute Gasteiger partial charge is 0.271 e. The molecule has 2 aliphatic rings. The molecule has 0 radical (unpaired) electrons. The number of nitro groups is 1. The lowest BCUT2D eigenvalue weighted by molar-refractivity contribution is -0.384. The van der Waals surface area contributed by atoms with Crippen LogP contribution in [-0.2, 0) is 0 Å². The fourth-order valence-corrected chi connectivity index (χ4v) is 3.00. The van der Waals surface area contributed by atoms with Crippen LogP contribution in [-0.4, -0.2) is 23.9 Å². The van der Waals surface area contributed by atoms with Gasteiger partial charge in [-0.3, -0.25) is 14.9 Å². The highest BCUT2D eigenvalue weighted by atomic mass is 16.6. The van der Waals surface area contributed by atoms with E-state index in [9.17, 15) is 14.9 Å². The van der Waals surface area contributed by atoms with Crippen LogP contribution in [0.3, 0.4) is 0 Å². The Bertz CT molecular complexity index is 571. The molecule has 1 saturated carbocycles. The summed E-state index contributed by atoms with van der Waals surface area (Å²) in [5.41, 5.74) is 6.86. The fraction of sp³-hybridized carbons (Fsp3) is 0.500. The van der Waals surface area contributed by atoms with Gasteiger partial charge in [-0.1, -0.05) is 0 Å². The summed E-state index contributed by atoms with van der Waals surface area (Å²) in [6.07, 6.45) is 4.76. The highest BCUT2D eigenvalue weighted by molar-refractivity contribution is 5.99. The van der Waals surface area contributed by atoms with Crippen molar-refractivity contribution in [3.63, 3.8) is 0 Å². The van der Waals surface area contributed by atoms with Crippen molar-refractivity contribution in [3.05, 3.63) is 33.9 Å². The van der Waals surface area contributed by atoms with Gasteiger partial charge in [-0.15, -0.1) is 0 Å². The topological polar surface area (TPSA) is 89.5 Å². The summed E-state index contributed by atoms with van der Waals surface area (Å²) in [6, 6.07) is 4.25. The number of hydrogen-bond acceptors (Lipinski definition) is 4. The van der Waals surface area contributed by atoms with Crippen LogP contribution >= 0.6 is 0 Å². The van der Waals surface area contributed by atoms with Crippen LogP contribution < -0.4 is 10.6 Å². The Morgan fingerprint density at radius 3 is 2.40 bits per heavy atom. The molecule has 1 aromatic rings. The number of anilines is 1. The Kier molecular flexibility index (Phi) is 2.88. The minimum Gasteiger partial charge on any atom is -0.371 e. The first-order valence-corrected chi connectivity index (χ1v) is 6.84. The van der Waals surface area contributed by atoms with E-state index < -0.39 is 10.8 Å². The molecule has 2 N–H and O–H groups in total. The molecule has 20 heavy (non-hydrogen) atoms. The van der Waals surface area contributed by atoms with E-state index in [4.69, 9.17) is 5.73 Å². The largest absolute Gasteiger partial charge is 0.371 e. The maximum absolute atomic E-state index is 11.5. The molecule has 6 heteroatoms. The van der Waals surface area contributed by atoms with Crippen LogP contribution in [0, 0.1) is 15.5 Å². The molecule has 1 aromatic carbocycles. The molecule has 0 unspecified atom stereocenters. The zero-order valence-electron chi connectivity index (χ0n) is 11.2. The molecule has 6 nitrogen and oxygen atoms in total. The lowest BCUT2D eigenvalue weighted by atomic mass is 9.93. The normalized spacial score (nSPS) is 19.9. The van der Waals surface area contributed by atoms with Gasteiger partial charge in [-0.25, -0.2) is 0 Å². The van der Waals surface area contributed by atoms with Gasteiger partial charge in [-0.05, 0) is 37.2 Å². The Morgan fingerprint density at radius 1 is 1.25 bits per heavy atom. The standard InChI is InChI=1S/C14H17N3O3/c15-13(18)11-2-1-10(17(19)20)9-12(11)16-7-5-14(3-4-14)6-8-16/h1-2,9H,3-8H2,(H2,15,18). The number of nitrogens with two attached hydrogens (primary N) is 1. The third kappa shape index (κ3) is 2.21. The molecule has 1 heterocycles. The van der Waals surface area contributed by atoms with Gasteiger partial charge < -0.3 is 10.6 Å². The second-order valence-corrected chi connectivity index (χ2v) is 5.81. The third-order valence-electron chi connectivity index (χ3n) is 4.58. The summed E-state index contributed by atoms with van der Waals surface area (Å²) in [6.45, 7) is 1.67. The second kappa shape index (κ2) is 4.47. The molecule has 0 aromatic heterocycles. The number of benzene rings is 1. The maximum atomic E-state index is 11.5. The Labute approximate surface area is 116 Å². The molecule has 3 rings (SSSR count). The van der Waals surface area contributed by atoms with E-state index >= 15 is 0 Å². The van der Waals surface area contributed by atoms with E-state index in [2.05, 4.69) is 4.90 Å². The second-order valence-electron chi connectivity index (χ2n) is 5.81. The van der Waals surface area contributed by atoms with E-state index in [1.54, 1.807) is 0 Å². The first kappa shape index (κ1) is 12.9. The first-order valence-electron chi connectivity index (χ1n) is 6.84. The summed E-state index contributed by atoms with van der Waals surface area (Å²) in [5, 5.41) is 10.9. The summed E-state index contributed by atoms with van der Waals surface area (Å²) >= 11 is 0. The Hall–Kier alpha value is -2.11. The summed E-state index contributed by atoms with van der Waals surface area (Å²) < 4.78 is 0. The molecular weight excluding hydrogens is 258 g/mol. The van der Waals surface area contributed by atoms with E-state index in [0.29, 0.717) is 16.7 Å². The highest BCUT2D eigenvalue weighted by Gasteiger charge is 2.44. The highest BCUT2D eigenvalue weighted by Crippen LogP contribution is 2.54. The summed E-state index contributed by atoms with van der Waals surface area (Å²) in [4.78, 5) is 24.0. The van der Waals surface area contributed by atoms with Crippen molar-refractivity contribution < 1.29 is 9.72 Å². The quantitative estimate of drug-likeness (QED) is 0.675. The maximum Gasteiger partial charge on any atom is 0.271 e. The minimum atomic E-state index is -0.540. The number of hydrogen-bond donors (Lipinski definition) is 1. The number of nitro benzene ring substituents is 1. The number of primary amides is 1. The molecule has 1 spiro atoms. The number of non-ortho nitro benzene ring substituents is 1. The number of amides is 1. The van der Waals surface area contributed by atoms with Crippen molar-refractivity contribution in [2.75, 3.05) is 18.0 Å². The van der Waals surface area contributed by atoms with Crippen LogP contribution in [0.5, 0.6) is 0 Å². The monoisotopic (exact) mass is 275 g/mol. The van der Waals surface area contributed by atoms with E-state index in [-0.39, 0.29) is 5.69 Å². The van der Waals surface area contributed by atoms with Crippen LogP contribution in [0.1, 0.15) is 36.0 Å².